The van der Waals surface area contributed by atoms with Crippen LogP contribution < -0.4 is 4.74 Å². The molecule has 0 saturated heterocycles. The molecule has 2 rings (SSSR count). The molecule has 0 aromatic heterocycles. The predicted octanol–water partition coefficient (Wildman–Crippen LogP) is 3.30. The Labute approximate surface area is 107 Å². The predicted molar refractivity (Wildman–Crippen MR) is 72.3 cm³/mol. The van der Waals surface area contributed by atoms with E-state index in [0.717, 1.165) is 5.56 Å². The normalized spacial score (nSPS) is 13.8. The summed E-state index contributed by atoms with van der Waals surface area (Å²) >= 11 is 0. The van der Waals surface area contributed by atoms with Gasteiger partial charge in [0.15, 0.2) is 0 Å². The molecule has 0 aliphatic heterocycles. The molecule has 0 saturated carbocycles. The van der Waals surface area contributed by atoms with Crippen LogP contribution in [0, 0.1) is 4.78 Å². The highest BCUT2D eigenvalue weighted by atomic mass is 32.2. The maximum Gasteiger partial charge on any atom is 0.119 e. The van der Waals surface area contributed by atoms with Gasteiger partial charge in [-0.2, -0.15) is 0 Å². The SMILES string of the molecule is CS(=N)(=O)c1ccc(OCc2ccccc2)cc1. The Balaban J connectivity index is 2.03. The zero-order valence-electron chi connectivity index (χ0n) is 10.1. The highest BCUT2D eigenvalue weighted by Gasteiger charge is 2.03. The van der Waals surface area contributed by atoms with E-state index in [-0.39, 0.29) is 0 Å². The topological polar surface area (TPSA) is 50.2 Å². The lowest BCUT2D eigenvalue weighted by Gasteiger charge is -2.07. The Bertz CT molecular complexity index is 604. The Morgan fingerprint density at radius 1 is 1.06 bits per heavy atom. The summed E-state index contributed by atoms with van der Waals surface area (Å²) < 4.78 is 24.6. The molecule has 0 aliphatic rings. The first-order valence-electron chi connectivity index (χ1n) is 5.56. The van der Waals surface area contributed by atoms with E-state index in [0.29, 0.717) is 17.3 Å². The molecule has 0 radical (unpaired) electrons. The monoisotopic (exact) mass is 261 g/mol. The van der Waals surface area contributed by atoms with Gasteiger partial charge in [0.05, 0.1) is 9.73 Å². The van der Waals surface area contributed by atoms with Crippen LogP contribution in [0.4, 0.5) is 0 Å². The van der Waals surface area contributed by atoms with Gasteiger partial charge in [0, 0.05) is 11.2 Å². The van der Waals surface area contributed by atoms with Gasteiger partial charge in [0.1, 0.15) is 12.4 Å². The van der Waals surface area contributed by atoms with Crippen molar-refractivity contribution in [1.82, 2.24) is 0 Å². The summed E-state index contributed by atoms with van der Waals surface area (Å²) in [6, 6.07) is 16.7. The van der Waals surface area contributed by atoms with E-state index in [1.54, 1.807) is 24.3 Å². The summed E-state index contributed by atoms with van der Waals surface area (Å²) in [4.78, 5) is 0.523. The Kier molecular flexibility index (Phi) is 3.67. The molecule has 2 aromatic carbocycles. The van der Waals surface area contributed by atoms with Gasteiger partial charge in [0.2, 0.25) is 0 Å². The minimum Gasteiger partial charge on any atom is -0.489 e. The van der Waals surface area contributed by atoms with Gasteiger partial charge < -0.3 is 4.74 Å². The molecule has 1 atom stereocenters. The van der Waals surface area contributed by atoms with Crippen molar-refractivity contribution in [3.8, 4) is 5.75 Å². The fraction of sp³-hybridized carbons (Fsp3) is 0.143. The summed E-state index contributed by atoms with van der Waals surface area (Å²) in [5, 5.41) is 0. The first kappa shape index (κ1) is 12.6. The average molecular weight is 261 g/mol. The van der Waals surface area contributed by atoms with E-state index < -0.39 is 9.73 Å². The lowest BCUT2D eigenvalue weighted by atomic mass is 10.2. The molecule has 0 heterocycles. The Hall–Kier alpha value is -1.81. The number of ether oxygens (including phenoxy) is 1. The fourth-order valence-corrected chi connectivity index (χ4v) is 2.19. The zero-order chi connectivity index (χ0) is 13.0. The molecule has 1 N–H and O–H groups in total. The van der Waals surface area contributed by atoms with E-state index >= 15 is 0 Å². The van der Waals surface area contributed by atoms with Crippen LogP contribution in [0.5, 0.6) is 5.75 Å². The molecule has 0 fully saturated rings. The second-order valence-corrected chi connectivity index (χ2v) is 6.25. The minimum atomic E-state index is -2.64. The summed E-state index contributed by atoms with van der Waals surface area (Å²) in [6.45, 7) is 0.503. The van der Waals surface area contributed by atoms with Gasteiger partial charge in [0.25, 0.3) is 0 Å². The third kappa shape index (κ3) is 3.34. The van der Waals surface area contributed by atoms with Crippen LogP contribution in [0.3, 0.4) is 0 Å². The van der Waals surface area contributed by atoms with Crippen LogP contribution in [0.1, 0.15) is 5.56 Å². The molecule has 18 heavy (non-hydrogen) atoms. The van der Waals surface area contributed by atoms with E-state index in [9.17, 15) is 4.21 Å². The fourth-order valence-electron chi connectivity index (χ4n) is 1.54. The minimum absolute atomic E-state index is 0.503. The number of benzene rings is 2. The van der Waals surface area contributed by atoms with Crippen molar-refractivity contribution < 1.29 is 8.95 Å². The van der Waals surface area contributed by atoms with E-state index in [4.69, 9.17) is 9.52 Å². The second-order valence-electron chi connectivity index (χ2n) is 4.09. The number of nitrogens with one attached hydrogen (secondary N) is 1. The van der Waals surface area contributed by atoms with E-state index in [2.05, 4.69) is 0 Å². The molecule has 94 valence electrons. The summed E-state index contributed by atoms with van der Waals surface area (Å²) in [6.07, 6.45) is 1.41. The van der Waals surface area contributed by atoms with Gasteiger partial charge in [-0.05, 0) is 29.8 Å². The third-order valence-electron chi connectivity index (χ3n) is 2.52. The van der Waals surface area contributed by atoms with Gasteiger partial charge in [-0.1, -0.05) is 30.3 Å². The molecule has 0 spiro atoms. The van der Waals surface area contributed by atoms with Crippen molar-refractivity contribution in [1.29, 1.82) is 4.78 Å². The maximum absolute atomic E-state index is 11.5. The van der Waals surface area contributed by atoms with Crippen molar-refractivity contribution >= 4 is 9.73 Å². The molecule has 2 aromatic rings. The van der Waals surface area contributed by atoms with Crippen molar-refractivity contribution in [2.45, 2.75) is 11.5 Å². The number of hydrogen-bond donors (Lipinski definition) is 1. The van der Waals surface area contributed by atoms with Crippen molar-refractivity contribution in [2.75, 3.05) is 6.26 Å². The van der Waals surface area contributed by atoms with Gasteiger partial charge in [-0.3, -0.25) is 0 Å². The molecular formula is C14H15NO2S. The highest BCUT2D eigenvalue weighted by Crippen LogP contribution is 2.17. The Morgan fingerprint density at radius 3 is 2.22 bits per heavy atom. The summed E-state index contributed by atoms with van der Waals surface area (Å²) in [5.74, 6) is 0.714. The number of rotatable bonds is 4. The quantitative estimate of drug-likeness (QED) is 0.918. The molecule has 0 amide bonds. The molecule has 3 nitrogen and oxygen atoms in total. The zero-order valence-corrected chi connectivity index (χ0v) is 10.9. The van der Waals surface area contributed by atoms with Crippen molar-refractivity contribution in [2.24, 2.45) is 0 Å². The smallest absolute Gasteiger partial charge is 0.119 e. The summed E-state index contributed by atoms with van der Waals surface area (Å²) in [5.41, 5.74) is 1.10. The van der Waals surface area contributed by atoms with Crippen LogP contribution >= 0.6 is 0 Å². The van der Waals surface area contributed by atoms with Gasteiger partial charge >= 0.3 is 0 Å². The van der Waals surface area contributed by atoms with Crippen LogP contribution in [-0.4, -0.2) is 10.5 Å². The van der Waals surface area contributed by atoms with Crippen LogP contribution in [0.2, 0.25) is 0 Å². The number of hydrogen-bond acceptors (Lipinski definition) is 3. The molecule has 0 aliphatic carbocycles. The highest BCUT2D eigenvalue weighted by molar-refractivity contribution is 7.91. The van der Waals surface area contributed by atoms with Crippen LogP contribution in [-0.2, 0) is 16.3 Å². The standard InChI is InChI=1S/C14H15NO2S/c1-18(15,16)14-9-7-13(8-10-14)17-11-12-5-3-2-4-6-12/h2-10,15H,11H2,1H3. The second kappa shape index (κ2) is 5.23. The molecular weight excluding hydrogens is 246 g/mol. The maximum atomic E-state index is 11.5. The first-order valence-corrected chi connectivity index (χ1v) is 7.53. The Morgan fingerprint density at radius 2 is 1.67 bits per heavy atom. The lowest BCUT2D eigenvalue weighted by molar-refractivity contribution is 0.306. The largest absolute Gasteiger partial charge is 0.489 e. The van der Waals surface area contributed by atoms with E-state index in [1.165, 1.54) is 6.26 Å². The average Bonchev–Trinajstić information content (AvgIpc) is 2.37. The van der Waals surface area contributed by atoms with Crippen LogP contribution in [0.25, 0.3) is 0 Å². The molecule has 4 heteroatoms. The third-order valence-corrected chi connectivity index (χ3v) is 3.69. The van der Waals surface area contributed by atoms with Crippen molar-refractivity contribution in [3.05, 3.63) is 60.2 Å². The summed E-state index contributed by atoms with van der Waals surface area (Å²) in [7, 11) is -2.64. The molecule has 0 bridgehead atoms. The van der Waals surface area contributed by atoms with Gasteiger partial charge in [-0.15, -0.1) is 0 Å². The van der Waals surface area contributed by atoms with Crippen molar-refractivity contribution in [3.63, 3.8) is 0 Å². The molecule has 1 unspecified atom stereocenters. The van der Waals surface area contributed by atoms with Gasteiger partial charge in [-0.25, -0.2) is 8.99 Å². The van der Waals surface area contributed by atoms with E-state index in [1.807, 2.05) is 30.3 Å². The van der Waals surface area contributed by atoms with Crippen LogP contribution in [0.15, 0.2) is 59.5 Å². The lowest BCUT2D eigenvalue weighted by Crippen LogP contribution is -1.97. The first-order chi connectivity index (χ1) is 8.55.